The van der Waals surface area contributed by atoms with E-state index < -0.39 is 12.2 Å². The summed E-state index contributed by atoms with van der Waals surface area (Å²) in [5.74, 6) is 0.0153. The molecule has 18 heavy (non-hydrogen) atoms. The molecule has 98 valence electrons. The summed E-state index contributed by atoms with van der Waals surface area (Å²) in [6.45, 7) is 0.511. The molecule has 2 rings (SSSR count). The lowest BCUT2D eigenvalue weighted by Crippen LogP contribution is -2.29. The quantitative estimate of drug-likeness (QED) is 0.820. The lowest BCUT2D eigenvalue weighted by molar-refractivity contribution is -0.130. The summed E-state index contributed by atoms with van der Waals surface area (Å²) in [4.78, 5) is 13.4. The van der Waals surface area contributed by atoms with Crippen LogP contribution in [0, 0.1) is 0 Å². The molecular weight excluding hydrogens is 230 g/mol. The van der Waals surface area contributed by atoms with Crippen molar-refractivity contribution in [3.63, 3.8) is 0 Å². The van der Waals surface area contributed by atoms with Gasteiger partial charge in [0, 0.05) is 19.5 Å². The van der Waals surface area contributed by atoms with Gasteiger partial charge in [0.1, 0.15) is 0 Å². The highest BCUT2D eigenvalue weighted by molar-refractivity contribution is 5.76. The SMILES string of the molecule is O=C(CCCc1ccccc1)N1CC(O)C(O)C1. The monoisotopic (exact) mass is 249 g/mol. The average Bonchev–Trinajstić information content (AvgIpc) is 2.71. The number of aryl methyl sites for hydroxylation is 1. The van der Waals surface area contributed by atoms with Gasteiger partial charge in [-0.05, 0) is 18.4 Å². The third-order valence-corrected chi connectivity index (χ3v) is 3.31. The number of benzene rings is 1. The maximum Gasteiger partial charge on any atom is 0.222 e. The summed E-state index contributed by atoms with van der Waals surface area (Å²) in [7, 11) is 0. The molecular formula is C14H19NO3. The molecule has 1 aliphatic heterocycles. The van der Waals surface area contributed by atoms with Gasteiger partial charge in [0.05, 0.1) is 12.2 Å². The smallest absolute Gasteiger partial charge is 0.222 e. The summed E-state index contributed by atoms with van der Waals surface area (Å²) in [5, 5.41) is 18.8. The van der Waals surface area contributed by atoms with E-state index in [1.165, 1.54) is 5.56 Å². The number of aliphatic hydroxyl groups is 2. The van der Waals surface area contributed by atoms with Crippen molar-refractivity contribution < 1.29 is 15.0 Å². The largest absolute Gasteiger partial charge is 0.388 e. The summed E-state index contributed by atoms with van der Waals surface area (Å²) in [6, 6.07) is 10.1. The van der Waals surface area contributed by atoms with Gasteiger partial charge >= 0.3 is 0 Å². The van der Waals surface area contributed by atoms with Crippen molar-refractivity contribution in [1.29, 1.82) is 0 Å². The van der Waals surface area contributed by atoms with E-state index in [0.717, 1.165) is 12.8 Å². The molecule has 0 aromatic heterocycles. The Morgan fingerprint density at radius 3 is 2.39 bits per heavy atom. The normalized spacial score (nSPS) is 23.3. The maximum absolute atomic E-state index is 11.8. The first-order valence-electron chi connectivity index (χ1n) is 6.34. The van der Waals surface area contributed by atoms with Gasteiger partial charge in [-0.2, -0.15) is 0 Å². The predicted molar refractivity (Wildman–Crippen MR) is 68.0 cm³/mol. The second-order valence-electron chi connectivity index (χ2n) is 4.77. The third kappa shape index (κ3) is 3.31. The zero-order chi connectivity index (χ0) is 13.0. The van der Waals surface area contributed by atoms with Crippen molar-refractivity contribution in [2.45, 2.75) is 31.5 Å². The number of amides is 1. The van der Waals surface area contributed by atoms with Gasteiger partial charge in [-0.1, -0.05) is 30.3 Å². The minimum atomic E-state index is -0.789. The van der Waals surface area contributed by atoms with Crippen LogP contribution in [0.3, 0.4) is 0 Å². The van der Waals surface area contributed by atoms with Gasteiger partial charge in [-0.25, -0.2) is 0 Å². The zero-order valence-electron chi connectivity index (χ0n) is 10.3. The van der Waals surface area contributed by atoms with Crippen LogP contribution in [0.4, 0.5) is 0 Å². The van der Waals surface area contributed by atoms with E-state index in [4.69, 9.17) is 0 Å². The molecule has 1 amide bonds. The molecule has 4 heteroatoms. The van der Waals surface area contributed by atoms with E-state index in [1.54, 1.807) is 4.90 Å². The van der Waals surface area contributed by atoms with Crippen LogP contribution in [0.25, 0.3) is 0 Å². The molecule has 0 radical (unpaired) electrons. The highest BCUT2D eigenvalue weighted by Crippen LogP contribution is 2.13. The van der Waals surface area contributed by atoms with Crippen LogP contribution in [-0.4, -0.2) is 46.3 Å². The summed E-state index contributed by atoms with van der Waals surface area (Å²) in [5.41, 5.74) is 1.23. The Morgan fingerprint density at radius 1 is 1.17 bits per heavy atom. The average molecular weight is 249 g/mol. The minimum Gasteiger partial charge on any atom is -0.388 e. The van der Waals surface area contributed by atoms with Crippen LogP contribution in [-0.2, 0) is 11.2 Å². The van der Waals surface area contributed by atoms with E-state index in [2.05, 4.69) is 0 Å². The first-order chi connectivity index (χ1) is 8.66. The standard InChI is InChI=1S/C14H19NO3/c16-12-9-15(10-13(12)17)14(18)8-4-7-11-5-2-1-3-6-11/h1-3,5-6,12-13,16-17H,4,7-10H2. The number of carbonyl (C=O) groups is 1. The van der Waals surface area contributed by atoms with Crippen LogP contribution in [0.1, 0.15) is 18.4 Å². The van der Waals surface area contributed by atoms with Crippen LogP contribution < -0.4 is 0 Å². The van der Waals surface area contributed by atoms with Crippen molar-refractivity contribution in [3.8, 4) is 0 Å². The number of hydrogen-bond acceptors (Lipinski definition) is 3. The van der Waals surface area contributed by atoms with Crippen LogP contribution >= 0.6 is 0 Å². The molecule has 4 nitrogen and oxygen atoms in total. The first kappa shape index (κ1) is 13.1. The Kier molecular flexibility index (Phi) is 4.33. The molecule has 1 aromatic rings. The Labute approximate surface area is 107 Å². The van der Waals surface area contributed by atoms with Crippen molar-refractivity contribution in [2.24, 2.45) is 0 Å². The lowest BCUT2D eigenvalue weighted by Gasteiger charge is -2.15. The third-order valence-electron chi connectivity index (χ3n) is 3.31. The zero-order valence-corrected chi connectivity index (χ0v) is 10.3. The van der Waals surface area contributed by atoms with Gasteiger partial charge in [0.15, 0.2) is 0 Å². The topological polar surface area (TPSA) is 60.8 Å². The lowest BCUT2D eigenvalue weighted by atomic mass is 10.1. The number of carbonyl (C=O) groups excluding carboxylic acids is 1. The van der Waals surface area contributed by atoms with Gasteiger partial charge in [-0.15, -0.1) is 0 Å². The number of hydrogen-bond donors (Lipinski definition) is 2. The van der Waals surface area contributed by atoms with Crippen LogP contribution in [0.15, 0.2) is 30.3 Å². The molecule has 1 heterocycles. The molecule has 1 aliphatic rings. The van der Waals surface area contributed by atoms with Crippen molar-refractivity contribution in [1.82, 2.24) is 4.90 Å². The minimum absolute atomic E-state index is 0.0153. The summed E-state index contributed by atoms with van der Waals surface area (Å²) >= 11 is 0. The van der Waals surface area contributed by atoms with Crippen molar-refractivity contribution in [3.05, 3.63) is 35.9 Å². The van der Waals surface area contributed by atoms with Gasteiger partial charge in [0.2, 0.25) is 5.91 Å². The Morgan fingerprint density at radius 2 is 1.78 bits per heavy atom. The van der Waals surface area contributed by atoms with Gasteiger partial charge in [0.25, 0.3) is 0 Å². The highest BCUT2D eigenvalue weighted by atomic mass is 16.3. The molecule has 1 aromatic carbocycles. The van der Waals surface area contributed by atoms with E-state index in [-0.39, 0.29) is 19.0 Å². The van der Waals surface area contributed by atoms with Crippen LogP contribution in [0.5, 0.6) is 0 Å². The van der Waals surface area contributed by atoms with E-state index in [0.29, 0.717) is 6.42 Å². The molecule has 0 bridgehead atoms. The highest BCUT2D eigenvalue weighted by Gasteiger charge is 2.31. The molecule has 1 saturated heterocycles. The van der Waals surface area contributed by atoms with Gasteiger partial charge < -0.3 is 15.1 Å². The van der Waals surface area contributed by atoms with E-state index in [1.807, 2.05) is 30.3 Å². The molecule has 0 saturated carbocycles. The fourth-order valence-electron chi connectivity index (χ4n) is 2.22. The Hall–Kier alpha value is -1.39. The molecule has 0 spiro atoms. The fraction of sp³-hybridized carbons (Fsp3) is 0.500. The van der Waals surface area contributed by atoms with Crippen LogP contribution in [0.2, 0.25) is 0 Å². The number of β-amino-alcohol motifs (C(OH)–C–C–N with tert-alkyl or cyclic N) is 2. The summed E-state index contributed by atoms with van der Waals surface area (Å²) in [6.07, 6.45) is 0.567. The first-order valence-corrected chi connectivity index (χ1v) is 6.34. The molecule has 0 aliphatic carbocycles. The number of aliphatic hydroxyl groups excluding tert-OH is 2. The van der Waals surface area contributed by atoms with Gasteiger partial charge in [-0.3, -0.25) is 4.79 Å². The predicted octanol–water partition coefficient (Wildman–Crippen LogP) is 0.573. The molecule has 2 N–H and O–H groups in total. The maximum atomic E-state index is 11.8. The molecule has 1 fully saturated rings. The Bertz CT molecular complexity index is 383. The van der Waals surface area contributed by atoms with Crippen molar-refractivity contribution in [2.75, 3.05) is 13.1 Å². The Balaban J connectivity index is 1.73. The second kappa shape index (κ2) is 5.98. The van der Waals surface area contributed by atoms with Crippen molar-refractivity contribution >= 4 is 5.91 Å². The molecule has 2 unspecified atom stereocenters. The van der Waals surface area contributed by atoms with E-state index >= 15 is 0 Å². The summed E-state index contributed by atoms with van der Waals surface area (Å²) < 4.78 is 0. The molecule has 2 atom stereocenters. The number of rotatable bonds is 4. The number of nitrogens with zero attached hydrogens (tertiary/aromatic N) is 1. The fourth-order valence-corrected chi connectivity index (χ4v) is 2.22. The second-order valence-corrected chi connectivity index (χ2v) is 4.77. The number of likely N-dealkylation sites (tertiary alicyclic amines) is 1. The van der Waals surface area contributed by atoms with E-state index in [9.17, 15) is 15.0 Å².